The third kappa shape index (κ3) is 2.93. The van der Waals surface area contributed by atoms with E-state index in [1.165, 1.54) is 22.0 Å². The molecule has 0 saturated heterocycles. The molecule has 0 spiro atoms. The summed E-state index contributed by atoms with van der Waals surface area (Å²) in [6.07, 6.45) is 2.18. The summed E-state index contributed by atoms with van der Waals surface area (Å²) in [4.78, 5) is 0. The van der Waals surface area contributed by atoms with E-state index in [0.29, 0.717) is 5.92 Å². The van der Waals surface area contributed by atoms with E-state index < -0.39 is 0 Å². The zero-order valence-electron chi connectivity index (χ0n) is 13.5. The number of benzene rings is 3. The van der Waals surface area contributed by atoms with Crippen LogP contribution in [0.25, 0.3) is 10.9 Å². The Morgan fingerprint density at radius 3 is 1.79 bits per heavy atom. The number of fused-ring (bicyclic) bond motifs is 1. The van der Waals surface area contributed by atoms with E-state index in [-0.39, 0.29) is 0 Å². The lowest BCUT2D eigenvalue weighted by Gasteiger charge is -2.16. The molecule has 1 nitrogen and oxygen atoms in total. The first-order chi connectivity index (χ1) is 11.9. The molecular formula is C23H20N+. The Morgan fingerprint density at radius 2 is 1.12 bits per heavy atom. The first kappa shape index (κ1) is 14.6. The summed E-state index contributed by atoms with van der Waals surface area (Å²) in [5.41, 5.74) is 3.98. The fourth-order valence-electron chi connectivity index (χ4n) is 3.35. The van der Waals surface area contributed by atoms with E-state index >= 15 is 0 Å². The molecule has 0 saturated carbocycles. The summed E-state index contributed by atoms with van der Waals surface area (Å²) in [6.45, 7) is 0.926. The normalized spacial score (nSPS) is 11.0. The highest BCUT2D eigenvalue weighted by molar-refractivity contribution is 5.74. The molecule has 3 aromatic carbocycles. The molecule has 4 aromatic rings. The molecule has 1 heteroatoms. The predicted molar refractivity (Wildman–Crippen MR) is 98.9 cm³/mol. The number of nitrogens with zero attached hydrogens (tertiary/aromatic N) is 1. The standard InChI is InChI=1S/C23H20N/c1-3-10-19(11-4-1)22(20-12-5-2-6-13-20)18-24-17-9-15-21-14-7-8-16-23(21)24/h1-17,22H,18H2/q+1. The maximum atomic E-state index is 2.36. The smallest absolute Gasteiger partial charge is 0.197 e. The summed E-state index contributed by atoms with van der Waals surface area (Å²) in [5, 5.41) is 1.28. The fourth-order valence-corrected chi connectivity index (χ4v) is 3.35. The summed E-state index contributed by atoms with van der Waals surface area (Å²) in [5.74, 6) is 0.336. The van der Waals surface area contributed by atoms with Crippen LogP contribution in [0, 0.1) is 0 Å². The third-order valence-corrected chi connectivity index (χ3v) is 4.57. The summed E-state index contributed by atoms with van der Waals surface area (Å²) >= 11 is 0. The van der Waals surface area contributed by atoms with Gasteiger partial charge in [-0.25, -0.2) is 0 Å². The number of para-hydroxylation sites is 1. The summed E-state index contributed by atoms with van der Waals surface area (Å²) in [6, 6.07) is 34.4. The van der Waals surface area contributed by atoms with Gasteiger partial charge in [0.1, 0.15) is 0 Å². The van der Waals surface area contributed by atoms with Crippen LogP contribution in [0.1, 0.15) is 17.0 Å². The highest BCUT2D eigenvalue weighted by atomic mass is 14.9. The minimum Gasteiger partial charge on any atom is -0.197 e. The van der Waals surface area contributed by atoms with E-state index in [1.54, 1.807) is 0 Å². The average molecular weight is 310 g/mol. The number of pyridine rings is 1. The van der Waals surface area contributed by atoms with E-state index in [1.807, 2.05) is 0 Å². The van der Waals surface area contributed by atoms with Gasteiger partial charge in [0.25, 0.3) is 0 Å². The van der Waals surface area contributed by atoms with Gasteiger partial charge in [0, 0.05) is 17.5 Å². The fraction of sp³-hybridized carbons (Fsp3) is 0.0870. The summed E-state index contributed by atoms with van der Waals surface area (Å²) < 4.78 is 2.36. The van der Waals surface area contributed by atoms with Crippen LogP contribution >= 0.6 is 0 Å². The van der Waals surface area contributed by atoms with Crippen LogP contribution in [-0.4, -0.2) is 0 Å². The lowest BCUT2D eigenvalue weighted by Crippen LogP contribution is -2.37. The van der Waals surface area contributed by atoms with Crippen molar-refractivity contribution in [3.8, 4) is 0 Å². The molecule has 4 rings (SSSR count). The number of hydrogen-bond donors (Lipinski definition) is 0. The van der Waals surface area contributed by atoms with Crippen LogP contribution in [-0.2, 0) is 6.54 Å². The molecule has 0 aliphatic carbocycles. The molecule has 1 heterocycles. The van der Waals surface area contributed by atoms with Crippen molar-refractivity contribution in [1.82, 2.24) is 0 Å². The second-order valence-electron chi connectivity index (χ2n) is 6.09. The van der Waals surface area contributed by atoms with Gasteiger partial charge in [-0.2, -0.15) is 4.57 Å². The molecule has 0 N–H and O–H groups in total. The van der Waals surface area contributed by atoms with Crippen molar-refractivity contribution in [2.45, 2.75) is 12.5 Å². The Bertz CT molecular complexity index is 885. The van der Waals surface area contributed by atoms with E-state index in [0.717, 1.165) is 6.54 Å². The molecule has 1 aromatic heterocycles. The number of hydrogen-bond acceptors (Lipinski definition) is 0. The van der Waals surface area contributed by atoms with E-state index in [2.05, 4.69) is 108 Å². The van der Waals surface area contributed by atoms with Gasteiger partial charge in [0.15, 0.2) is 12.7 Å². The first-order valence-corrected chi connectivity index (χ1v) is 8.39. The van der Waals surface area contributed by atoms with Crippen LogP contribution in [0.4, 0.5) is 0 Å². The topological polar surface area (TPSA) is 3.88 Å². The molecule has 0 aliphatic rings. The number of aromatic nitrogens is 1. The van der Waals surface area contributed by atoms with Crippen molar-refractivity contribution in [3.63, 3.8) is 0 Å². The van der Waals surface area contributed by atoms with Gasteiger partial charge in [0.2, 0.25) is 5.52 Å². The maximum absolute atomic E-state index is 2.36. The van der Waals surface area contributed by atoms with Crippen LogP contribution in [0.2, 0.25) is 0 Å². The molecule has 0 bridgehead atoms. The second-order valence-corrected chi connectivity index (χ2v) is 6.09. The molecule has 0 unspecified atom stereocenters. The van der Waals surface area contributed by atoms with Crippen LogP contribution < -0.4 is 4.57 Å². The lowest BCUT2D eigenvalue weighted by atomic mass is 9.91. The Balaban J connectivity index is 1.80. The maximum Gasteiger partial charge on any atom is 0.212 e. The van der Waals surface area contributed by atoms with Crippen molar-refractivity contribution in [2.75, 3.05) is 0 Å². The Morgan fingerprint density at radius 1 is 0.583 bits per heavy atom. The van der Waals surface area contributed by atoms with Crippen molar-refractivity contribution in [2.24, 2.45) is 0 Å². The van der Waals surface area contributed by atoms with Gasteiger partial charge in [-0.05, 0) is 23.3 Å². The van der Waals surface area contributed by atoms with Crippen molar-refractivity contribution in [1.29, 1.82) is 0 Å². The molecule has 0 aliphatic heterocycles. The lowest BCUT2D eigenvalue weighted by molar-refractivity contribution is -0.673. The highest BCUT2D eigenvalue weighted by Gasteiger charge is 2.20. The van der Waals surface area contributed by atoms with Crippen molar-refractivity contribution in [3.05, 3.63) is 114 Å². The minimum atomic E-state index is 0.336. The quantitative estimate of drug-likeness (QED) is 0.469. The zero-order valence-corrected chi connectivity index (χ0v) is 13.5. The largest absolute Gasteiger partial charge is 0.212 e. The molecule has 24 heavy (non-hydrogen) atoms. The van der Waals surface area contributed by atoms with Crippen molar-refractivity contribution < 1.29 is 4.57 Å². The zero-order chi connectivity index (χ0) is 16.2. The second kappa shape index (κ2) is 6.67. The Labute approximate surface area is 142 Å². The summed E-state index contributed by atoms with van der Waals surface area (Å²) in [7, 11) is 0. The number of rotatable bonds is 4. The minimum absolute atomic E-state index is 0.336. The van der Waals surface area contributed by atoms with Gasteiger partial charge in [-0.3, -0.25) is 0 Å². The average Bonchev–Trinajstić information content (AvgIpc) is 2.67. The van der Waals surface area contributed by atoms with Crippen LogP contribution in [0.3, 0.4) is 0 Å². The van der Waals surface area contributed by atoms with Gasteiger partial charge < -0.3 is 0 Å². The molecule has 116 valence electrons. The SMILES string of the molecule is c1ccc(C(C[n+]2cccc3ccccc32)c2ccccc2)cc1. The van der Waals surface area contributed by atoms with Gasteiger partial charge in [-0.15, -0.1) is 0 Å². The van der Waals surface area contributed by atoms with E-state index in [4.69, 9.17) is 0 Å². The van der Waals surface area contributed by atoms with Crippen LogP contribution in [0.5, 0.6) is 0 Å². The third-order valence-electron chi connectivity index (χ3n) is 4.57. The molecule has 0 amide bonds. The molecular weight excluding hydrogens is 290 g/mol. The van der Waals surface area contributed by atoms with Gasteiger partial charge in [0.05, 0.1) is 5.92 Å². The molecule has 0 radical (unpaired) electrons. The van der Waals surface area contributed by atoms with Gasteiger partial charge >= 0.3 is 0 Å². The molecule has 0 atom stereocenters. The first-order valence-electron chi connectivity index (χ1n) is 8.39. The van der Waals surface area contributed by atoms with E-state index in [9.17, 15) is 0 Å². The van der Waals surface area contributed by atoms with Crippen molar-refractivity contribution >= 4 is 10.9 Å². The molecule has 0 fully saturated rings. The Hall–Kier alpha value is -2.93. The highest BCUT2D eigenvalue weighted by Crippen LogP contribution is 2.25. The Kier molecular flexibility index (Phi) is 4.07. The van der Waals surface area contributed by atoms with Crippen LogP contribution in [0.15, 0.2) is 103 Å². The monoisotopic (exact) mass is 310 g/mol. The predicted octanol–water partition coefficient (Wildman–Crippen LogP) is 4.96. The van der Waals surface area contributed by atoms with Gasteiger partial charge in [-0.1, -0.05) is 72.8 Å².